The average molecular weight is 512 g/mol. The summed E-state index contributed by atoms with van der Waals surface area (Å²) in [5.41, 5.74) is 0.00899. The Labute approximate surface area is 211 Å². The van der Waals surface area contributed by atoms with Crippen LogP contribution in [0, 0.1) is 6.92 Å². The monoisotopic (exact) mass is 511 g/mol. The first kappa shape index (κ1) is 26.9. The summed E-state index contributed by atoms with van der Waals surface area (Å²) in [6.07, 6.45) is -1.04. The highest BCUT2D eigenvalue weighted by Gasteiger charge is 2.47. The summed E-state index contributed by atoms with van der Waals surface area (Å²) in [7, 11) is -4.49. The zero-order chi connectivity index (χ0) is 26.0. The van der Waals surface area contributed by atoms with E-state index in [0.717, 1.165) is 11.1 Å². The van der Waals surface area contributed by atoms with Crippen LogP contribution >= 0.6 is 0 Å². The minimum Gasteiger partial charge on any atom is -0.462 e. The molecule has 0 saturated carbocycles. The number of hydrogen-bond donors (Lipinski definition) is 1. The van der Waals surface area contributed by atoms with Gasteiger partial charge in [0.15, 0.2) is 0 Å². The van der Waals surface area contributed by atoms with Gasteiger partial charge < -0.3 is 9.47 Å². The minimum absolute atomic E-state index is 0.0550. The summed E-state index contributed by atoms with van der Waals surface area (Å²) >= 11 is 0. The average Bonchev–Trinajstić information content (AvgIpc) is 2.87. The summed E-state index contributed by atoms with van der Waals surface area (Å²) in [6.45, 7) is 3.24. The van der Waals surface area contributed by atoms with E-state index >= 15 is 0 Å². The second kappa shape index (κ2) is 12.3. The van der Waals surface area contributed by atoms with Crippen molar-refractivity contribution < 1.29 is 31.7 Å². The molecule has 0 radical (unpaired) electrons. The van der Waals surface area contributed by atoms with E-state index in [2.05, 4.69) is 5.32 Å². The maximum Gasteiger partial charge on any atom is 0.410 e. The fraction of sp³-hybridized carbons (Fsp3) is 0.259. The van der Waals surface area contributed by atoms with Gasteiger partial charge in [-0.15, -0.1) is 0 Å². The number of rotatable bonds is 11. The van der Waals surface area contributed by atoms with Gasteiger partial charge in [-0.05, 0) is 43.5 Å². The predicted molar refractivity (Wildman–Crippen MR) is 133 cm³/mol. The number of esters is 1. The minimum atomic E-state index is -4.49. The Kier molecular flexibility index (Phi) is 9.21. The molecule has 0 aliphatic carbocycles. The van der Waals surface area contributed by atoms with Crippen LogP contribution in [0.4, 0.5) is 4.79 Å². The van der Waals surface area contributed by atoms with E-state index in [-0.39, 0.29) is 31.0 Å². The predicted octanol–water partition coefficient (Wildman–Crippen LogP) is 4.52. The van der Waals surface area contributed by atoms with Gasteiger partial charge in [-0.25, -0.2) is 13.8 Å². The molecule has 9 heteroatoms. The normalized spacial score (nSPS) is 12.8. The van der Waals surface area contributed by atoms with E-state index in [1.165, 1.54) is 12.1 Å². The van der Waals surface area contributed by atoms with Crippen LogP contribution < -0.4 is 5.32 Å². The van der Waals surface area contributed by atoms with Crippen LogP contribution in [0.15, 0.2) is 89.8 Å². The van der Waals surface area contributed by atoms with Crippen molar-refractivity contribution in [2.75, 3.05) is 6.61 Å². The van der Waals surface area contributed by atoms with Gasteiger partial charge in [0.25, 0.3) is 15.8 Å². The number of benzene rings is 3. The van der Waals surface area contributed by atoms with Gasteiger partial charge in [-0.2, -0.15) is 8.42 Å². The highest BCUT2D eigenvalue weighted by molar-refractivity contribution is 7.86. The lowest BCUT2D eigenvalue weighted by molar-refractivity contribution is -0.165. The van der Waals surface area contributed by atoms with Crippen molar-refractivity contribution in [3.8, 4) is 0 Å². The SMILES string of the molecule is CCOC(=O)[C@](CCc1ccccc1)(NC(=O)OCc1ccccc1)OS(=O)(=O)c1ccc(C)cc1. The van der Waals surface area contributed by atoms with Gasteiger partial charge in [0.05, 0.1) is 11.5 Å². The van der Waals surface area contributed by atoms with Crippen LogP contribution in [0.3, 0.4) is 0 Å². The summed E-state index contributed by atoms with van der Waals surface area (Å²) in [5.74, 6) is -1.05. The number of alkyl carbamates (subject to hydrolysis) is 1. The number of nitrogens with one attached hydrogen (secondary N) is 1. The zero-order valence-electron chi connectivity index (χ0n) is 20.2. The molecule has 1 N–H and O–H groups in total. The Morgan fingerprint density at radius 2 is 1.42 bits per heavy atom. The molecule has 8 nitrogen and oxygen atoms in total. The molecule has 3 rings (SSSR count). The van der Waals surface area contributed by atoms with Crippen molar-refractivity contribution in [3.63, 3.8) is 0 Å². The molecular formula is C27H29NO7S. The van der Waals surface area contributed by atoms with E-state index in [9.17, 15) is 18.0 Å². The molecule has 0 unspecified atom stereocenters. The fourth-order valence-corrected chi connectivity index (χ4v) is 4.52. The third-order valence-electron chi connectivity index (χ3n) is 5.29. The van der Waals surface area contributed by atoms with Crippen LogP contribution in [-0.4, -0.2) is 32.8 Å². The lowest BCUT2D eigenvalue weighted by atomic mass is 10.0. The Balaban J connectivity index is 1.93. The molecule has 0 aliphatic rings. The van der Waals surface area contributed by atoms with Crippen molar-refractivity contribution in [1.29, 1.82) is 0 Å². The number of ether oxygens (including phenoxy) is 2. The number of amides is 1. The first-order valence-electron chi connectivity index (χ1n) is 11.5. The van der Waals surface area contributed by atoms with Crippen molar-refractivity contribution in [1.82, 2.24) is 5.32 Å². The topological polar surface area (TPSA) is 108 Å². The molecule has 190 valence electrons. The Morgan fingerprint density at radius 1 is 0.833 bits per heavy atom. The van der Waals surface area contributed by atoms with Gasteiger partial charge in [0.2, 0.25) is 0 Å². The largest absolute Gasteiger partial charge is 0.462 e. The Bertz CT molecular complexity index is 1250. The molecule has 0 spiro atoms. The molecule has 0 saturated heterocycles. The number of hydrogen-bond acceptors (Lipinski definition) is 7. The second-order valence-electron chi connectivity index (χ2n) is 8.07. The smallest absolute Gasteiger partial charge is 0.410 e. The van der Waals surface area contributed by atoms with Crippen molar-refractivity contribution in [3.05, 3.63) is 102 Å². The third-order valence-corrected chi connectivity index (χ3v) is 6.65. The molecule has 0 fully saturated rings. The van der Waals surface area contributed by atoms with E-state index in [1.807, 2.05) is 43.3 Å². The molecule has 36 heavy (non-hydrogen) atoms. The van der Waals surface area contributed by atoms with E-state index in [1.54, 1.807) is 43.3 Å². The molecule has 3 aromatic carbocycles. The van der Waals surface area contributed by atoms with Crippen LogP contribution in [0.1, 0.15) is 30.0 Å². The summed E-state index contributed by atoms with van der Waals surface area (Å²) in [5, 5.41) is 2.36. The van der Waals surface area contributed by atoms with E-state index < -0.39 is 27.9 Å². The fourth-order valence-electron chi connectivity index (χ4n) is 3.39. The second-order valence-corrected chi connectivity index (χ2v) is 9.62. The van der Waals surface area contributed by atoms with Crippen LogP contribution in [0.25, 0.3) is 0 Å². The summed E-state index contributed by atoms with van der Waals surface area (Å²) in [4.78, 5) is 25.8. The highest BCUT2D eigenvalue weighted by Crippen LogP contribution is 2.26. The van der Waals surface area contributed by atoms with Crippen molar-refractivity contribution in [2.45, 2.75) is 43.9 Å². The number of aryl methyl sites for hydroxylation is 2. The summed E-state index contributed by atoms with van der Waals surface area (Å²) < 4.78 is 42.4. The van der Waals surface area contributed by atoms with Gasteiger partial charge >= 0.3 is 12.1 Å². The first-order chi connectivity index (χ1) is 17.2. The Hall–Kier alpha value is -3.69. The zero-order valence-corrected chi connectivity index (χ0v) is 21.0. The molecule has 0 aliphatic heterocycles. The lowest BCUT2D eigenvalue weighted by Crippen LogP contribution is -2.58. The van der Waals surface area contributed by atoms with Crippen molar-refractivity contribution in [2.24, 2.45) is 0 Å². The highest BCUT2D eigenvalue weighted by atomic mass is 32.2. The van der Waals surface area contributed by atoms with Crippen molar-refractivity contribution >= 4 is 22.2 Å². The van der Waals surface area contributed by atoms with E-state index in [4.69, 9.17) is 13.7 Å². The lowest BCUT2D eigenvalue weighted by Gasteiger charge is -2.31. The van der Waals surface area contributed by atoms with Crippen LogP contribution in [0.2, 0.25) is 0 Å². The first-order valence-corrected chi connectivity index (χ1v) is 12.9. The maximum absolute atomic E-state index is 13.2. The molecule has 0 bridgehead atoms. The number of carbonyl (C=O) groups is 2. The standard InChI is InChI=1S/C27H29NO7S/c1-3-33-25(29)27(19-18-22-10-6-4-7-11-22,28-26(30)34-20-23-12-8-5-9-13-23)35-36(31,32)24-16-14-21(2)15-17-24/h4-17H,3,18-20H2,1-2H3,(H,28,30)/t27-/m1/s1. The molecule has 0 aromatic heterocycles. The molecule has 1 atom stereocenters. The van der Waals surface area contributed by atoms with E-state index in [0.29, 0.717) is 5.56 Å². The van der Waals surface area contributed by atoms with Gasteiger partial charge in [-0.3, -0.25) is 5.32 Å². The number of carbonyl (C=O) groups excluding carboxylic acids is 2. The molecular weight excluding hydrogens is 482 g/mol. The third kappa shape index (κ3) is 7.40. The van der Waals surface area contributed by atoms with Crippen LogP contribution in [0.5, 0.6) is 0 Å². The summed E-state index contributed by atoms with van der Waals surface area (Å²) in [6, 6.07) is 24.0. The van der Waals surface area contributed by atoms with Gasteiger partial charge in [-0.1, -0.05) is 78.4 Å². The maximum atomic E-state index is 13.2. The molecule has 3 aromatic rings. The van der Waals surface area contributed by atoms with Gasteiger partial charge in [0.1, 0.15) is 6.61 Å². The Morgan fingerprint density at radius 3 is 2.00 bits per heavy atom. The quantitative estimate of drug-likeness (QED) is 0.229. The van der Waals surface area contributed by atoms with Crippen LogP contribution in [-0.2, 0) is 41.6 Å². The molecule has 1 amide bonds. The van der Waals surface area contributed by atoms with Gasteiger partial charge in [0, 0.05) is 6.42 Å². The molecule has 0 heterocycles.